The molecule has 1 aromatic carbocycles. The lowest BCUT2D eigenvalue weighted by Gasteiger charge is -2.03. The minimum absolute atomic E-state index is 0.551. The molecule has 0 saturated carbocycles. The molecular formula is C11H13NO3. The zero-order valence-corrected chi connectivity index (χ0v) is 8.65. The molecule has 1 rings (SSSR count). The molecule has 2 N–H and O–H groups in total. The zero-order valence-electron chi connectivity index (χ0n) is 8.65. The van der Waals surface area contributed by atoms with E-state index in [-0.39, 0.29) is 0 Å². The quantitative estimate of drug-likeness (QED) is 0.449. The molecule has 4 nitrogen and oxygen atoms in total. The summed E-state index contributed by atoms with van der Waals surface area (Å²) in [6.45, 7) is 1.92. The van der Waals surface area contributed by atoms with Crippen LogP contribution < -0.4 is 10.2 Å². The first kappa shape index (κ1) is 11.3. The van der Waals surface area contributed by atoms with Crippen molar-refractivity contribution in [3.8, 4) is 5.75 Å². The molecule has 80 valence electrons. The van der Waals surface area contributed by atoms with Gasteiger partial charge in [-0.15, -0.1) is 0 Å². The molecule has 0 atom stereocenters. The number of nitrogens with one attached hydrogen (secondary N) is 1. The maximum Gasteiger partial charge on any atom is 0.267 e. The molecule has 15 heavy (non-hydrogen) atoms. The molecule has 0 spiro atoms. The average Bonchev–Trinajstić information content (AvgIpc) is 2.26. The molecule has 0 aliphatic rings. The van der Waals surface area contributed by atoms with E-state index >= 15 is 0 Å². The van der Waals surface area contributed by atoms with E-state index < -0.39 is 5.91 Å². The summed E-state index contributed by atoms with van der Waals surface area (Å²) in [4.78, 5) is 10.7. The van der Waals surface area contributed by atoms with E-state index in [0.29, 0.717) is 0 Å². The van der Waals surface area contributed by atoms with Crippen LogP contribution in [-0.2, 0) is 4.79 Å². The van der Waals surface area contributed by atoms with Gasteiger partial charge in [-0.25, -0.2) is 5.48 Å². The van der Waals surface area contributed by atoms with Gasteiger partial charge in [0.2, 0.25) is 0 Å². The fourth-order valence-corrected chi connectivity index (χ4v) is 1.16. The molecule has 0 bridgehead atoms. The minimum Gasteiger partial charge on any atom is -0.497 e. The number of aryl methyl sites for hydroxylation is 1. The van der Waals surface area contributed by atoms with E-state index in [0.717, 1.165) is 16.9 Å². The van der Waals surface area contributed by atoms with E-state index in [9.17, 15) is 4.79 Å². The summed E-state index contributed by atoms with van der Waals surface area (Å²) in [5.74, 6) is 0.224. The van der Waals surface area contributed by atoms with Crippen molar-refractivity contribution in [2.24, 2.45) is 0 Å². The predicted molar refractivity (Wildman–Crippen MR) is 56.7 cm³/mol. The van der Waals surface area contributed by atoms with Gasteiger partial charge in [-0.1, -0.05) is 6.07 Å². The third kappa shape index (κ3) is 3.11. The van der Waals surface area contributed by atoms with Crippen LogP contribution in [0.2, 0.25) is 0 Å². The van der Waals surface area contributed by atoms with E-state index in [1.165, 1.54) is 11.6 Å². The Balaban J connectivity index is 2.87. The van der Waals surface area contributed by atoms with Crippen molar-refractivity contribution in [1.29, 1.82) is 0 Å². The zero-order chi connectivity index (χ0) is 11.3. The second kappa shape index (κ2) is 5.17. The number of amides is 1. The normalized spacial score (nSPS) is 10.3. The number of methoxy groups -OCH3 is 1. The van der Waals surface area contributed by atoms with Gasteiger partial charge in [0.1, 0.15) is 5.75 Å². The van der Waals surface area contributed by atoms with Gasteiger partial charge >= 0.3 is 0 Å². The first-order valence-electron chi connectivity index (χ1n) is 4.44. The summed E-state index contributed by atoms with van der Waals surface area (Å²) >= 11 is 0. The summed E-state index contributed by atoms with van der Waals surface area (Å²) in [7, 11) is 1.60. The van der Waals surface area contributed by atoms with Crippen LogP contribution in [0.15, 0.2) is 24.3 Å². The number of rotatable bonds is 3. The Morgan fingerprint density at radius 2 is 2.27 bits per heavy atom. The highest BCUT2D eigenvalue weighted by Gasteiger charge is 1.97. The van der Waals surface area contributed by atoms with Crippen LogP contribution in [-0.4, -0.2) is 18.2 Å². The number of hydrogen-bond donors (Lipinski definition) is 2. The fourth-order valence-electron chi connectivity index (χ4n) is 1.16. The molecule has 0 aromatic heterocycles. The number of hydroxylamine groups is 1. The predicted octanol–water partition coefficient (Wildman–Crippen LogP) is 1.52. The molecule has 0 unspecified atom stereocenters. The monoisotopic (exact) mass is 207 g/mol. The van der Waals surface area contributed by atoms with Gasteiger partial charge in [-0.2, -0.15) is 0 Å². The van der Waals surface area contributed by atoms with E-state index in [1.54, 1.807) is 13.2 Å². The molecule has 4 heteroatoms. The smallest absolute Gasteiger partial charge is 0.267 e. The maximum atomic E-state index is 10.7. The molecule has 0 saturated heterocycles. The highest BCUT2D eigenvalue weighted by Crippen LogP contribution is 2.17. The second-order valence-electron chi connectivity index (χ2n) is 3.03. The van der Waals surface area contributed by atoms with Crippen LogP contribution in [0.5, 0.6) is 5.75 Å². The Bertz CT molecular complexity index is 385. The van der Waals surface area contributed by atoms with Crippen LogP contribution >= 0.6 is 0 Å². The number of carbonyl (C=O) groups excluding carboxylic acids is 1. The van der Waals surface area contributed by atoms with Crippen molar-refractivity contribution in [2.75, 3.05) is 7.11 Å². The van der Waals surface area contributed by atoms with Crippen LogP contribution in [0.25, 0.3) is 6.08 Å². The third-order valence-electron chi connectivity index (χ3n) is 2.00. The largest absolute Gasteiger partial charge is 0.497 e. The summed E-state index contributed by atoms with van der Waals surface area (Å²) < 4.78 is 5.05. The molecule has 0 radical (unpaired) electrons. The number of carbonyl (C=O) groups is 1. The van der Waals surface area contributed by atoms with Crippen LogP contribution in [0.3, 0.4) is 0 Å². The third-order valence-corrected chi connectivity index (χ3v) is 2.00. The van der Waals surface area contributed by atoms with Gasteiger partial charge in [0, 0.05) is 6.08 Å². The molecule has 0 aliphatic carbocycles. The standard InChI is InChI=1S/C11H13NO3/c1-8-7-10(15-2)5-3-9(8)4-6-11(13)12-14/h3-7,14H,1-2H3,(H,12,13)/b6-4+. The SMILES string of the molecule is COc1ccc(/C=C/C(=O)NO)c(C)c1. The van der Waals surface area contributed by atoms with Gasteiger partial charge in [0.25, 0.3) is 5.91 Å². The summed E-state index contributed by atoms with van der Waals surface area (Å²) in [5.41, 5.74) is 3.43. The first-order chi connectivity index (χ1) is 7.17. The molecule has 0 fully saturated rings. The highest BCUT2D eigenvalue weighted by atomic mass is 16.5. The van der Waals surface area contributed by atoms with E-state index in [4.69, 9.17) is 9.94 Å². The summed E-state index contributed by atoms with van der Waals surface area (Å²) in [6.07, 6.45) is 2.88. The molecule has 0 heterocycles. The summed E-state index contributed by atoms with van der Waals surface area (Å²) in [5, 5.41) is 8.29. The Hall–Kier alpha value is -1.81. The van der Waals surface area contributed by atoms with Crippen molar-refractivity contribution in [1.82, 2.24) is 5.48 Å². The lowest BCUT2D eigenvalue weighted by molar-refractivity contribution is -0.124. The van der Waals surface area contributed by atoms with Crippen LogP contribution in [0.1, 0.15) is 11.1 Å². The average molecular weight is 207 g/mol. The van der Waals surface area contributed by atoms with Gasteiger partial charge < -0.3 is 4.74 Å². The minimum atomic E-state index is -0.551. The second-order valence-corrected chi connectivity index (χ2v) is 3.03. The lowest BCUT2D eigenvalue weighted by Crippen LogP contribution is -2.14. The van der Waals surface area contributed by atoms with E-state index in [2.05, 4.69) is 0 Å². The first-order valence-corrected chi connectivity index (χ1v) is 4.44. The topological polar surface area (TPSA) is 58.6 Å². The van der Waals surface area contributed by atoms with Gasteiger partial charge in [0.15, 0.2) is 0 Å². The van der Waals surface area contributed by atoms with Gasteiger partial charge in [0.05, 0.1) is 7.11 Å². The van der Waals surface area contributed by atoms with Crippen molar-refractivity contribution in [3.05, 3.63) is 35.4 Å². The fraction of sp³-hybridized carbons (Fsp3) is 0.182. The van der Waals surface area contributed by atoms with Crippen molar-refractivity contribution in [3.63, 3.8) is 0 Å². The number of hydrogen-bond acceptors (Lipinski definition) is 3. The van der Waals surface area contributed by atoms with E-state index in [1.807, 2.05) is 25.1 Å². The van der Waals surface area contributed by atoms with Crippen LogP contribution in [0, 0.1) is 6.92 Å². The van der Waals surface area contributed by atoms with Crippen LogP contribution in [0.4, 0.5) is 0 Å². The molecule has 0 aliphatic heterocycles. The van der Waals surface area contributed by atoms with Crippen molar-refractivity contribution < 1.29 is 14.7 Å². The Kier molecular flexibility index (Phi) is 3.88. The molecule has 1 amide bonds. The van der Waals surface area contributed by atoms with Gasteiger partial charge in [-0.3, -0.25) is 10.0 Å². The Morgan fingerprint density at radius 3 is 2.80 bits per heavy atom. The van der Waals surface area contributed by atoms with Crippen molar-refractivity contribution in [2.45, 2.75) is 6.92 Å². The summed E-state index contributed by atoms with van der Waals surface area (Å²) in [6, 6.07) is 5.52. The van der Waals surface area contributed by atoms with Gasteiger partial charge in [-0.05, 0) is 36.3 Å². The van der Waals surface area contributed by atoms with Crippen molar-refractivity contribution >= 4 is 12.0 Å². The lowest BCUT2D eigenvalue weighted by atomic mass is 10.1. The Labute approximate surface area is 88.1 Å². The maximum absolute atomic E-state index is 10.7. The number of ether oxygens (including phenoxy) is 1. The molecule has 1 aromatic rings. The highest BCUT2D eigenvalue weighted by molar-refractivity contribution is 5.91. The Morgan fingerprint density at radius 1 is 1.53 bits per heavy atom. The molecular weight excluding hydrogens is 194 g/mol. The number of benzene rings is 1.